The Morgan fingerprint density at radius 3 is 2.28 bits per heavy atom. The zero-order valence-corrected chi connectivity index (χ0v) is 19.6. The molecule has 1 heterocycles. The van der Waals surface area contributed by atoms with Crippen LogP contribution in [-0.4, -0.2) is 27.2 Å². The van der Waals surface area contributed by atoms with Gasteiger partial charge in [0.05, 0.1) is 33.6 Å². The number of thioether (sulfide) groups is 1. The Kier molecular flexibility index (Phi) is 6.61. The predicted octanol–water partition coefficient (Wildman–Crippen LogP) is 5.79. The molecule has 0 bridgehead atoms. The summed E-state index contributed by atoms with van der Waals surface area (Å²) in [5.74, 6) is 2.27. The lowest BCUT2D eigenvalue weighted by Gasteiger charge is -2.23. The van der Waals surface area contributed by atoms with E-state index >= 15 is 0 Å². The summed E-state index contributed by atoms with van der Waals surface area (Å²) in [7, 11) is 4.92. The van der Waals surface area contributed by atoms with Crippen molar-refractivity contribution in [1.82, 2.24) is 0 Å². The lowest BCUT2D eigenvalue weighted by atomic mass is 10.1. The van der Waals surface area contributed by atoms with Crippen molar-refractivity contribution in [2.75, 3.05) is 26.2 Å². The Hall–Kier alpha value is -3.12. The van der Waals surface area contributed by atoms with E-state index in [2.05, 4.69) is 31.2 Å². The van der Waals surface area contributed by atoms with Gasteiger partial charge in [-0.2, -0.15) is 0 Å². The van der Waals surface area contributed by atoms with Crippen LogP contribution >= 0.6 is 11.8 Å². The fourth-order valence-electron chi connectivity index (χ4n) is 3.84. The van der Waals surface area contributed by atoms with Crippen molar-refractivity contribution < 1.29 is 19.0 Å². The van der Waals surface area contributed by atoms with Gasteiger partial charge in [0, 0.05) is 28.2 Å². The zero-order valence-electron chi connectivity index (χ0n) is 18.8. The molecule has 3 aromatic rings. The maximum absolute atomic E-state index is 13.5. The Morgan fingerprint density at radius 2 is 1.59 bits per heavy atom. The molecule has 1 atom stereocenters. The Morgan fingerprint density at radius 1 is 0.906 bits per heavy atom. The molecule has 32 heavy (non-hydrogen) atoms. The molecule has 0 radical (unpaired) electrons. The van der Waals surface area contributed by atoms with Crippen LogP contribution in [-0.2, 0) is 11.3 Å². The number of ether oxygens (including phenoxy) is 3. The van der Waals surface area contributed by atoms with Gasteiger partial charge in [-0.05, 0) is 36.8 Å². The minimum absolute atomic E-state index is 0.0739. The smallest absolute Gasteiger partial charge is 0.228 e. The molecule has 0 N–H and O–H groups in total. The van der Waals surface area contributed by atoms with Crippen LogP contribution < -0.4 is 19.1 Å². The van der Waals surface area contributed by atoms with E-state index in [0.29, 0.717) is 18.7 Å². The van der Waals surface area contributed by atoms with E-state index in [0.717, 1.165) is 33.2 Å². The molecule has 4 rings (SSSR count). The molecular formula is C26H27NO4S. The number of rotatable bonds is 6. The standard InChI is InChI=1S/C26H27NO4S/c1-17-5-7-18(8-6-17)16-27-22-12-10-20(30-3)14-25(22)32-24(15-26(27)28)21-11-9-19(29-2)13-23(21)31-4/h5-14,24H,15-16H2,1-4H3. The van der Waals surface area contributed by atoms with Crippen LogP contribution in [0.4, 0.5) is 5.69 Å². The average Bonchev–Trinajstić information content (AvgIpc) is 2.95. The summed E-state index contributed by atoms with van der Waals surface area (Å²) in [6.07, 6.45) is 0.357. The highest BCUT2D eigenvalue weighted by Gasteiger charge is 2.31. The molecule has 0 spiro atoms. The van der Waals surface area contributed by atoms with Gasteiger partial charge in [-0.15, -0.1) is 11.8 Å². The predicted molar refractivity (Wildman–Crippen MR) is 128 cm³/mol. The van der Waals surface area contributed by atoms with E-state index in [1.54, 1.807) is 33.1 Å². The van der Waals surface area contributed by atoms with Crippen molar-refractivity contribution >= 4 is 23.4 Å². The summed E-state index contributed by atoms with van der Waals surface area (Å²) >= 11 is 1.66. The molecular weight excluding hydrogens is 422 g/mol. The fraction of sp³-hybridized carbons (Fsp3) is 0.269. The number of hydrogen-bond donors (Lipinski definition) is 0. The van der Waals surface area contributed by atoms with E-state index in [1.165, 1.54) is 5.56 Å². The van der Waals surface area contributed by atoms with E-state index < -0.39 is 0 Å². The van der Waals surface area contributed by atoms with E-state index in [-0.39, 0.29) is 11.2 Å². The summed E-state index contributed by atoms with van der Waals surface area (Å²) in [5.41, 5.74) is 4.16. The molecule has 166 valence electrons. The van der Waals surface area contributed by atoms with Gasteiger partial charge >= 0.3 is 0 Å². The minimum Gasteiger partial charge on any atom is -0.497 e. The maximum Gasteiger partial charge on any atom is 0.228 e. The first-order valence-corrected chi connectivity index (χ1v) is 11.3. The Labute approximate surface area is 193 Å². The molecule has 0 saturated carbocycles. The Bertz CT molecular complexity index is 1110. The monoisotopic (exact) mass is 449 g/mol. The van der Waals surface area contributed by atoms with Gasteiger partial charge in [0.1, 0.15) is 17.2 Å². The molecule has 1 amide bonds. The van der Waals surface area contributed by atoms with Gasteiger partial charge in [-0.1, -0.05) is 35.9 Å². The van der Waals surface area contributed by atoms with Gasteiger partial charge in [0.2, 0.25) is 5.91 Å². The number of methoxy groups -OCH3 is 3. The summed E-state index contributed by atoms with van der Waals surface area (Å²) in [5, 5.41) is -0.0998. The molecule has 0 saturated heterocycles. The molecule has 1 aliphatic heterocycles. The number of hydrogen-bond acceptors (Lipinski definition) is 5. The third-order valence-electron chi connectivity index (χ3n) is 5.64. The van der Waals surface area contributed by atoms with Gasteiger partial charge in [0.25, 0.3) is 0 Å². The number of nitrogens with zero attached hydrogens (tertiary/aromatic N) is 1. The number of fused-ring (bicyclic) bond motifs is 1. The SMILES string of the molecule is COc1ccc(C2CC(=O)N(Cc3ccc(C)cc3)c3ccc(OC)cc3S2)c(OC)c1. The van der Waals surface area contributed by atoms with Crippen LogP contribution in [0.2, 0.25) is 0 Å². The van der Waals surface area contributed by atoms with Crippen molar-refractivity contribution in [3.8, 4) is 17.2 Å². The second-order valence-electron chi connectivity index (χ2n) is 7.72. The molecule has 6 heteroatoms. The lowest BCUT2D eigenvalue weighted by molar-refractivity contribution is -0.118. The van der Waals surface area contributed by atoms with Crippen molar-refractivity contribution in [2.24, 2.45) is 0 Å². The van der Waals surface area contributed by atoms with Crippen LogP contribution in [0, 0.1) is 6.92 Å². The summed E-state index contributed by atoms with van der Waals surface area (Å²) in [6, 6.07) is 19.9. The number of carbonyl (C=O) groups excluding carboxylic acids is 1. The van der Waals surface area contributed by atoms with Crippen molar-refractivity contribution in [3.05, 3.63) is 77.4 Å². The minimum atomic E-state index is -0.0998. The molecule has 1 aliphatic rings. The van der Waals surface area contributed by atoms with Gasteiger partial charge in [-0.3, -0.25) is 4.79 Å². The first-order valence-electron chi connectivity index (χ1n) is 10.4. The highest BCUT2D eigenvalue weighted by molar-refractivity contribution is 7.99. The maximum atomic E-state index is 13.5. The van der Waals surface area contributed by atoms with Crippen molar-refractivity contribution in [1.29, 1.82) is 0 Å². The first kappa shape index (κ1) is 22.1. The third-order valence-corrected chi connectivity index (χ3v) is 6.92. The number of benzene rings is 3. The number of anilines is 1. The van der Waals surface area contributed by atoms with Gasteiger partial charge in [0.15, 0.2) is 0 Å². The average molecular weight is 450 g/mol. The topological polar surface area (TPSA) is 48.0 Å². The first-order chi connectivity index (χ1) is 15.5. The normalized spacial score (nSPS) is 15.7. The van der Waals surface area contributed by atoms with Gasteiger partial charge < -0.3 is 19.1 Å². The second-order valence-corrected chi connectivity index (χ2v) is 8.96. The van der Waals surface area contributed by atoms with E-state index in [9.17, 15) is 4.79 Å². The van der Waals surface area contributed by atoms with Crippen molar-refractivity contribution in [2.45, 2.75) is 30.0 Å². The van der Waals surface area contributed by atoms with Crippen LogP contribution in [0.5, 0.6) is 17.2 Å². The Balaban J connectivity index is 1.75. The van der Waals surface area contributed by atoms with Crippen LogP contribution in [0.25, 0.3) is 0 Å². The molecule has 0 aromatic heterocycles. The lowest BCUT2D eigenvalue weighted by Crippen LogP contribution is -2.30. The van der Waals surface area contributed by atoms with Crippen LogP contribution in [0.15, 0.2) is 65.6 Å². The highest BCUT2D eigenvalue weighted by atomic mass is 32.2. The summed E-state index contributed by atoms with van der Waals surface area (Å²) in [4.78, 5) is 16.4. The molecule has 0 aliphatic carbocycles. The molecule has 5 nitrogen and oxygen atoms in total. The second kappa shape index (κ2) is 9.57. The van der Waals surface area contributed by atoms with Gasteiger partial charge in [-0.25, -0.2) is 0 Å². The molecule has 1 unspecified atom stereocenters. The number of amides is 1. The zero-order chi connectivity index (χ0) is 22.7. The quantitative estimate of drug-likeness (QED) is 0.477. The number of aryl methyl sites for hydroxylation is 1. The molecule has 0 fully saturated rings. The van der Waals surface area contributed by atoms with Crippen LogP contribution in [0.1, 0.15) is 28.4 Å². The van der Waals surface area contributed by atoms with E-state index in [4.69, 9.17) is 14.2 Å². The molecule has 3 aromatic carbocycles. The largest absolute Gasteiger partial charge is 0.497 e. The van der Waals surface area contributed by atoms with E-state index in [1.807, 2.05) is 41.3 Å². The highest BCUT2D eigenvalue weighted by Crippen LogP contribution is 2.49. The third kappa shape index (κ3) is 4.55. The van der Waals surface area contributed by atoms with Crippen molar-refractivity contribution in [3.63, 3.8) is 0 Å². The van der Waals surface area contributed by atoms with Crippen LogP contribution in [0.3, 0.4) is 0 Å². The summed E-state index contributed by atoms with van der Waals surface area (Å²) in [6.45, 7) is 2.58. The fourth-order valence-corrected chi connectivity index (χ4v) is 5.18. The number of carbonyl (C=O) groups is 1. The summed E-state index contributed by atoms with van der Waals surface area (Å²) < 4.78 is 16.5.